The first kappa shape index (κ1) is 21.4. The Bertz CT molecular complexity index is 1400. The number of anilines is 1. The normalized spacial score (nSPS) is 16.0. The molecule has 0 radical (unpaired) electrons. The number of nitrogens with zero attached hydrogens (tertiary/aromatic N) is 8. The number of hydrogen-bond donors (Lipinski definition) is 1. The molecule has 5 rings (SSSR count). The maximum atomic E-state index is 12.2. The second-order valence-electron chi connectivity index (χ2n) is 8.19. The number of hydrogen-bond acceptors (Lipinski definition) is 8. The molecule has 2 N–H and O–H groups in total. The Morgan fingerprint density at radius 3 is 2.74 bits per heavy atom. The number of carbonyl (C=O) groups excluding carboxylic acids is 2. The summed E-state index contributed by atoms with van der Waals surface area (Å²) in [5, 5.41) is 13.9. The number of amides is 1. The predicted molar refractivity (Wildman–Crippen MR) is 125 cm³/mol. The van der Waals surface area contributed by atoms with Crippen LogP contribution >= 0.6 is 0 Å². The van der Waals surface area contributed by atoms with Gasteiger partial charge in [-0.2, -0.15) is 5.10 Å². The lowest BCUT2D eigenvalue weighted by Gasteiger charge is -2.32. The first-order valence-corrected chi connectivity index (χ1v) is 10.9. The molecule has 1 saturated heterocycles. The molecule has 3 aromatic heterocycles. The third-order valence-electron chi connectivity index (χ3n) is 6.02. The molecule has 1 aliphatic heterocycles. The molecule has 0 bridgehead atoms. The molecule has 172 valence electrons. The van der Waals surface area contributed by atoms with Gasteiger partial charge < -0.3 is 10.6 Å². The number of nitrogens with two attached hydrogens (primary N) is 1. The molecule has 11 heteroatoms. The van der Waals surface area contributed by atoms with Gasteiger partial charge in [0.05, 0.1) is 23.3 Å². The number of benzene rings is 1. The Kier molecular flexibility index (Phi) is 5.36. The van der Waals surface area contributed by atoms with Gasteiger partial charge >= 0.3 is 0 Å². The zero-order valence-electron chi connectivity index (χ0n) is 18.6. The number of Topliss-reactive ketones (excluding diaryl/α,β-unsaturated/α-hetero) is 1. The lowest BCUT2D eigenvalue weighted by atomic mass is 10.1. The van der Waals surface area contributed by atoms with Crippen LogP contribution in [0.25, 0.3) is 28.1 Å². The first-order chi connectivity index (χ1) is 16.5. The van der Waals surface area contributed by atoms with Crippen LogP contribution in [-0.4, -0.2) is 64.4 Å². The smallest absolute Gasteiger partial charge is 0.246 e. The van der Waals surface area contributed by atoms with Crippen LogP contribution in [0.1, 0.15) is 36.2 Å². The fourth-order valence-corrected chi connectivity index (χ4v) is 4.26. The monoisotopic (exact) mass is 457 g/mol. The summed E-state index contributed by atoms with van der Waals surface area (Å²) in [6.45, 7) is 6.30. The highest BCUT2D eigenvalue weighted by molar-refractivity contribution is 5.97. The molecule has 0 saturated carbocycles. The predicted octanol–water partition coefficient (Wildman–Crippen LogP) is 2.21. The van der Waals surface area contributed by atoms with Crippen molar-refractivity contribution < 1.29 is 9.59 Å². The molecule has 4 heterocycles. The van der Waals surface area contributed by atoms with Crippen molar-refractivity contribution >= 4 is 28.5 Å². The average Bonchev–Trinajstić information content (AvgIpc) is 3.50. The largest absolute Gasteiger partial charge is 0.383 e. The summed E-state index contributed by atoms with van der Waals surface area (Å²) in [7, 11) is 0. The summed E-state index contributed by atoms with van der Waals surface area (Å²) in [6, 6.07) is 7.02. The van der Waals surface area contributed by atoms with E-state index in [-0.39, 0.29) is 17.7 Å². The maximum absolute atomic E-state index is 12.2. The Morgan fingerprint density at radius 1 is 1.21 bits per heavy atom. The van der Waals surface area contributed by atoms with Crippen LogP contribution < -0.4 is 5.73 Å². The molecular formula is C23H23N9O2. The summed E-state index contributed by atoms with van der Waals surface area (Å²) >= 11 is 0. The molecule has 11 nitrogen and oxygen atoms in total. The van der Waals surface area contributed by atoms with E-state index in [0.29, 0.717) is 46.9 Å². The second-order valence-corrected chi connectivity index (χ2v) is 8.19. The Hall–Kier alpha value is -4.41. The van der Waals surface area contributed by atoms with E-state index in [1.165, 1.54) is 19.3 Å². The fourth-order valence-electron chi connectivity index (χ4n) is 4.26. The van der Waals surface area contributed by atoms with Crippen molar-refractivity contribution in [3.63, 3.8) is 0 Å². The van der Waals surface area contributed by atoms with Gasteiger partial charge in [0.25, 0.3) is 0 Å². The van der Waals surface area contributed by atoms with Crippen LogP contribution in [0.5, 0.6) is 0 Å². The van der Waals surface area contributed by atoms with Crippen LogP contribution in [0.2, 0.25) is 0 Å². The van der Waals surface area contributed by atoms with Crippen molar-refractivity contribution in [2.24, 2.45) is 0 Å². The van der Waals surface area contributed by atoms with Crippen molar-refractivity contribution in [3.05, 3.63) is 55.0 Å². The number of rotatable bonds is 5. The van der Waals surface area contributed by atoms with Crippen LogP contribution in [0.3, 0.4) is 0 Å². The number of nitrogen functional groups attached to an aromatic ring is 1. The standard InChI is InChI=1S/C23H23N9O2/c1-3-19(34)30-10-4-5-17(11-30)32-23-20(22(24)25-13-26-23)21(28-32)18-12-31(29-27-18)16-8-6-15(7-9-16)14(2)33/h3,6-9,12-13,17H,1,4-5,10-11H2,2H3,(H2,24,25,26)/t17-/m1/s1. The minimum absolute atomic E-state index is 0.00520. The Balaban J connectivity index is 1.54. The fraction of sp³-hybridized carbons (Fsp3) is 0.261. The summed E-state index contributed by atoms with van der Waals surface area (Å²) in [6.07, 6.45) is 6.17. The van der Waals surface area contributed by atoms with E-state index in [9.17, 15) is 9.59 Å². The van der Waals surface area contributed by atoms with E-state index < -0.39 is 0 Å². The molecule has 34 heavy (non-hydrogen) atoms. The van der Waals surface area contributed by atoms with E-state index in [2.05, 4.69) is 26.9 Å². The third kappa shape index (κ3) is 3.70. The molecule has 0 aliphatic carbocycles. The molecule has 4 aromatic rings. The van der Waals surface area contributed by atoms with E-state index >= 15 is 0 Å². The SMILES string of the molecule is C=CC(=O)N1CCC[C@@H](n2nc(-c3cn(-c4ccc(C(C)=O)cc4)nn3)c3c(N)ncnc32)C1. The highest BCUT2D eigenvalue weighted by atomic mass is 16.2. The summed E-state index contributed by atoms with van der Waals surface area (Å²) in [4.78, 5) is 34.1. The first-order valence-electron chi connectivity index (χ1n) is 10.9. The van der Waals surface area contributed by atoms with Crippen molar-refractivity contribution in [1.29, 1.82) is 0 Å². The zero-order valence-corrected chi connectivity index (χ0v) is 18.6. The Morgan fingerprint density at radius 2 is 2.00 bits per heavy atom. The molecule has 0 unspecified atom stereocenters. The van der Waals surface area contributed by atoms with Crippen molar-refractivity contribution in [2.45, 2.75) is 25.8 Å². The van der Waals surface area contributed by atoms with Crippen LogP contribution in [0.4, 0.5) is 5.82 Å². The van der Waals surface area contributed by atoms with Gasteiger partial charge in [0, 0.05) is 18.7 Å². The van der Waals surface area contributed by atoms with Gasteiger partial charge in [-0.1, -0.05) is 11.8 Å². The highest BCUT2D eigenvalue weighted by Crippen LogP contribution is 2.33. The molecule has 1 atom stereocenters. The topological polar surface area (TPSA) is 138 Å². The number of likely N-dealkylation sites (tertiary alicyclic amines) is 1. The minimum Gasteiger partial charge on any atom is -0.383 e. The average molecular weight is 457 g/mol. The number of fused-ring (bicyclic) bond motifs is 1. The van der Waals surface area contributed by atoms with Crippen molar-refractivity contribution in [3.8, 4) is 17.1 Å². The van der Waals surface area contributed by atoms with Gasteiger partial charge in [-0.05, 0) is 50.1 Å². The summed E-state index contributed by atoms with van der Waals surface area (Å²) < 4.78 is 3.42. The quantitative estimate of drug-likeness (QED) is 0.356. The lowest BCUT2D eigenvalue weighted by molar-refractivity contribution is -0.127. The number of aromatic nitrogens is 7. The molecule has 1 fully saturated rings. The summed E-state index contributed by atoms with van der Waals surface area (Å²) in [5.74, 6) is 0.185. The second kappa shape index (κ2) is 8.50. The third-order valence-corrected chi connectivity index (χ3v) is 6.02. The van der Waals surface area contributed by atoms with Gasteiger partial charge in [0.1, 0.15) is 23.5 Å². The lowest BCUT2D eigenvalue weighted by Crippen LogP contribution is -2.40. The van der Waals surface area contributed by atoms with Gasteiger partial charge in [-0.25, -0.2) is 19.3 Å². The van der Waals surface area contributed by atoms with Crippen molar-refractivity contribution in [2.75, 3.05) is 18.8 Å². The van der Waals surface area contributed by atoms with Gasteiger partial charge in [0.2, 0.25) is 5.91 Å². The molecular weight excluding hydrogens is 434 g/mol. The van der Waals surface area contributed by atoms with E-state index in [1.54, 1.807) is 40.0 Å². The number of piperidine rings is 1. The van der Waals surface area contributed by atoms with Gasteiger partial charge in [-0.3, -0.25) is 9.59 Å². The summed E-state index contributed by atoms with van der Waals surface area (Å²) in [5.41, 5.74) is 9.22. The highest BCUT2D eigenvalue weighted by Gasteiger charge is 2.28. The van der Waals surface area contributed by atoms with E-state index in [4.69, 9.17) is 10.8 Å². The molecule has 1 aromatic carbocycles. The van der Waals surface area contributed by atoms with Gasteiger partial charge in [-0.15, -0.1) is 5.10 Å². The molecule has 0 spiro atoms. The maximum Gasteiger partial charge on any atom is 0.246 e. The van der Waals surface area contributed by atoms with E-state index in [0.717, 1.165) is 18.5 Å². The number of ketones is 1. The minimum atomic E-state index is -0.103. The zero-order chi connectivity index (χ0) is 23.8. The van der Waals surface area contributed by atoms with Crippen LogP contribution in [-0.2, 0) is 4.79 Å². The van der Waals surface area contributed by atoms with Gasteiger partial charge in [0.15, 0.2) is 11.4 Å². The van der Waals surface area contributed by atoms with E-state index in [1.807, 2.05) is 4.68 Å². The van der Waals surface area contributed by atoms with Crippen LogP contribution in [0, 0.1) is 0 Å². The Labute approximate surface area is 194 Å². The van der Waals surface area contributed by atoms with Crippen molar-refractivity contribution in [1.82, 2.24) is 39.6 Å². The molecule has 1 amide bonds. The number of carbonyl (C=O) groups is 2. The molecule has 1 aliphatic rings. The van der Waals surface area contributed by atoms with Crippen LogP contribution in [0.15, 0.2) is 49.4 Å².